The molecule has 2 unspecified atom stereocenters. The minimum Gasteiger partial charge on any atom is -0.339 e. The average Bonchev–Trinajstić information content (AvgIpc) is 2.48. The van der Waals surface area contributed by atoms with Gasteiger partial charge in [0.1, 0.15) is 0 Å². The summed E-state index contributed by atoms with van der Waals surface area (Å²) < 4.78 is 24.0. The second kappa shape index (κ2) is 4.68. The summed E-state index contributed by atoms with van der Waals surface area (Å²) in [7, 11) is 1.42. The highest BCUT2D eigenvalue weighted by molar-refractivity contribution is 5.82. The number of amides is 1. The first-order valence-electron chi connectivity index (χ1n) is 4.79. The van der Waals surface area contributed by atoms with Gasteiger partial charge in [-0.05, 0) is 18.9 Å². The van der Waals surface area contributed by atoms with Crippen LogP contribution in [0.5, 0.6) is 0 Å². The molecule has 1 saturated heterocycles. The van der Waals surface area contributed by atoms with E-state index >= 15 is 0 Å². The summed E-state index contributed by atoms with van der Waals surface area (Å²) >= 11 is 0. The minimum absolute atomic E-state index is 0.227. The van der Waals surface area contributed by atoms with E-state index in [2.05, 4.69) is 5.32 Å². The van der Waals surface area contributed by atoms with Crippen LogP contribution in [0.3, 0.4) is 0 Å². The molecule has 0 aromatic carbocycles. The fraction of sp³-hybridized carbons (Fsp3) is 0.889. The third-order valence-corrected chi connectivity index (χ3v) is 2.59. The van der Waals surface area contributed by atoms with E-state index in [4.69, 9.17) is 0 Å². The zero-order valence-corrected chi connectivity index (χ0v) is 8.46. The number of nitrogens with one attached hydrogen (secondary N) is 1. The van der Waals surface area contributed by atoms with E-state index in [0.29, 0.717) is 0 Å². The zero-order chi connectivity index (χ0) is 10.7. The third kappa shape index (κ3) is 2.64. The molecule has 0 aliphatic carbocycles. The molecular formula is C9H16F2N2O. The van der Waals surface area contributed by atoms with Crippen LogP contribution >= 0.6 is 0 Å². The molecule has 1 aliphatic heterocycles. The molecule has 0 spiro atoms. The van der Waals surface area contributed by atoms with E-state index < -0.39 is 13.0 Å². The summed E-state index contributed by atoms with van der Waals surface area (Å²) in [6.07, 6.45) is -1.53. The van der Waals surface area contributed by atoms with Gasteiger partial charge in [-0.2, -0.15) is 0 Å². The molecule has 0 bridgehead atoms. The summed E-state index contributed by atoms with van der Waals surface area (Å²) in [6, 6.07) is -0.279. The highest BCUT2D eigenvalue weighted by Gasteiger charge is 2.31. The zero-order valence-electron chi connectivity index (χ0n) is 8.46. The molecule has 14 heavy (non-hydrogen) atoms. The van der Waals surface area contributed by atoms with Crippen molar-refractivity contribution in [2.45, 2.75) is 25.8 Å². The molecule has 1 heterocycles. The largest absolute Gasteiger partial charge is 0.339 e. The van der Waals surface area contributed by atoms with Crippen molar-refractivity contribution in [3.8, 4) is 0 Å². The van der Waals surface area contributed by atoms with Gasteiger partial charge in [-0.3, -0.25) is 4.79 Å². The number of halogens is 2. The summed E-state index contributed by atoms with van der Waals surface area (Å²) in [5, 5.41) is 3.02. The van der Waals surface area contributed by atoms with Gasteiger partial charge in [0.25, 0.3) is 6.43 Å². The standard InChI is InChI=1S/C9H16F2N2O/c1-6-3-4-12-8(6)9(14)13(2)5-7(10)11/h6-8,12H,3-5H2,1-2H3. The summed E-state index contributed by atoms with van der Waals surface area (Å²) in [4.78, 5) is 12.7. The van der Waals surface area contributed by atoms with Crippen molar-refractivity contribution in [3.05, 3.63) is 0 Å². The lowest BCUT2D eigenvalue weighted by Crippen LogP contribution is -2.45. The van der Waals surface area contributed by atoms with Crippen molar-refractivity contribution in [2.75, 3.05) is 20.1 Å². The van der Waals surface area contributed by atoms with Crippen LogP contribution in [0, 0.1) is 5.92 Å². The Hall–Kier alpha value is -0.710. The Kier molecular flexibility index (Phi) is 3.80. The van der Waals surface area contributed by atoms with Gasteiger partial charge in [0, 0.05) is 7.05 Å². The van der Waals surface area contributed by atoms with Gasteiger partial charge in [0.2, 0.25) is 5.91 Å². The second-order valence-electron chi connectivity index (χ2n) is 3.81. The molecule has 82 valence electrons. The quantitative estimate of drug-likeness (QED) is 0.737. The summed E-state index contributed by atoms with van der Waals surface area (Å²) in [6.45, 7) is 2.27. The van der Waals surface area contributed by atoms with Crippen LogP contribution in [0.4, 0.5) is 8.78 Å². The van der Waals surface area contributed by atoms with Crippen molar-refractivity contribution >= 4 is 5.91 Å². The molecule has 0 radical (unpaired) electrons. The van der Waals surface area contributed by atoms with E-state index in [-0.39, 0.29) is 17.9 Å². The molecule has 2 atom stereocenters. The number of rotatable bonds is 3. The molecule has 0 saturated carbocycles. The smallest absolute Gasteiger partial charge is 0.255 e. The molecule has 1 rings (SSSR count). The number of alkyl halides is 2. The molecule has 1 N–H and O–H groups in total. The van der Waals surface area contributed by atoms with Gasteiger partial charge in [-0.25, -0.2) is 8.78 Å². The Morgan fingerprint density at radius 2 is 2.29 bits per heavy atom. The van der Waals surface area contributed by atoms with Crippen molar-refractivity contribution in [2.24, 2.45) is 5.92 Å². The Balaban J connectivity index is 2.47. The van der Waals surface area contributed by atoms with Gasteiger partial charge in [-0.15, -0.1) is 0 Å². The lowest BCUT2D eigenvalue weighted by Gasteiger charge is -2.23. The number of hydrogen-bond donors (Lipinski definition) is 1. The van der Waals surface area contributed by atoms with Gasteiger partial charge >= 0.3 is 0 Å². The molecular weight excluding hydrogens is 190 g/mol. The lowest BCUT2D eigenvalue weighted by molar-refractivity contribution is -0.134. The van der Waals surface area contributed by atoms with Crippen LogP contribution < -0.4 is 5.32 Å². The van der Waals surface area contributed by atoms with Crippen LogP contribution in [0.2, 0.25) is 0 Å². The number of nitrogens with zero attached hydrogens (tertiary/aromatic N) is 1. The molecule has 1 fully saturated rings. The van der Waals surface area contributed by atoms with E-state index in [1.807, 2.05) is 6.92 Å². The predicted molar refractivity (Wildman–Crippen MR) is 49.2 cm³/mol. The first-order chi connectivity index (χ1) is 6.52. The Labute approximate surface area is 82.5 Å². The second-order valence-corrected chi connectivity index (χ2v) is 3.81. The summed E-state index contributed by atoms with van der Waals surface area (Å²) in [5.74, 6) is 0.0120. The van der Waals surface area contributed by atoms with E-state index in [9.17, 15) is 13.6 Å². The minimum atomic E-state index is -2.46. The van der Waals surface area contributed by atoms with Gasteiger partial charge < -0.3 is 10.2 Å². The lowest BCUT2D eigenvalue weighted by atomic mass is 10.0. The molecule has 0 aromatic heterocycles. The van der Waals surface area contributed by atoms with Crippen molar-refractivity contribution in [3.63, 3.8) is 0 Å². The Morgan fingerprint density at radius 3 is 2.71 bits per heavy atom. The number of hydrogen-bond acceptors (Lipinski definition) is 2. The fourth-order valence-electron chi connectivity index (χ4n) is 1.70. The van der Waals surface area contributed by atoms with Gasteiger partial charge in [0.15, 0.2) is 0 Å². The van der Waals surface area contributed by atoms with Crippen molar-refractivity contribution in [1.82, 2.24) is 10.2 Å². The maximum Gasteiger partial charge on any atom is 0.255 e. The molecule has 0 aromatic rings. The third-order valence-electron chi connectivity index (χ3n) is 2.59. The highest BCUT2D eigenvalue weighted by atomic mass is 19.3. The number of likely N-dealkylation sites (N-methyl/N-ethyl adjacent to an activating group) is 1. The highest BCUT2D eigenvalue weighted by Crippen LogP contribution is 2.16. The fourth-order valence-corrected chi connectivity index (χ4v) is 1.70. The predicted octanol–water partition coefficient (Wildman–Crippen LogP) is 0.708. The number of carbonyl (C=O) groups is 1. The molecule has 1 amide bonds. The monoisotopic (exact) mass is 206 g/mol. The van der Waals surface area contributed by atoms with Gasteiger partial charge in [-0.1, -0.05) is 6.92 Å². The Morgan fingerprint density at radius 1 is 1.64 bits per heavy atom. The summed E-state index contributed by atoms with van der Waals surface area (Å²) in [5.41, 5.74) is 0. The molecule has 1 aliphatic rings. The maximum absolute atomic E-state index is 12.0. The van der Waals surface area contributed by atoms with E-state index in [1.165, 1.54) is 7.05 Å². The van der Waals surface area contributed by atoms with Gasteiger partial charge in [0.05, 0.1) is 12.6 Å². The van der Waals surface area contributed by atoms with E-state index in [1.54, 1.807) is 0 Å². The normalized spacial score (nSPS) is 26.9. The van der Waals surface area contributed by atoms with Crippen LogP contribution in [-0.2, 0) is 4.79 Å². The SMILES string of the molecule is CC1CCNC1C(=O)N(C)CC(F)F. The van der Waals surface area contributed by atoms with E-state index in [0.717, 1.165) is 17.9 Å². The topological polar surface area (TPSA) is 32.3 Å². The number of carbonyl (C=O) groups excluding carboxylic acids is 1. The maximum atomic E-state index is 12.0. The average molecular weight is 206 g/mol. The molecule has 5 heteroatoms. The van der Waals surface area contributed by atoms with Crippen LogP contribution in [0.1, 0.15) is 13.3 Å². The van der Waals surface area contributed by atoms with Crippen molar-refractivity contribution < 1.29 is 13.6 Å². The van der Waals surface area contributed by atoms with Crippen LogP contribution in [0.15, 0.2) is 0 Å². The molecule has 3 nitrogen and oxygen atoms in total. The van der Waals surface area contributed by atoms with Crippen molar-refractivity contribution in [1.29, 1.82) is 0 Å². The van der Waals surface area contributed by atoms with Crippen LogP contribution in [0.25, 0.3) is 0 Å². The first kappa shape index (κ1) is 11.4. The van der Waals surface area contributed by atoms with Crippen LogP contribution in [-0.4, -0.2) is 43.4 Å². The Bertz CT molecular complexity index is 211. The first-order valence-corrected chi connectivity index (χ1v) is 4.79.